The van der Waals surface area contributed by atoms with Crippen LogP contribution in [0.4, 0.5) is 11.5 Å². The molecule has 82 valence electrons. The summed E-state index contributed by atoms with van der Waals surface area (Å²) < 4.78 is 1.90. The van der Waals surface area contributed by atoms with Crippen LogP contribution in [0.1, 0.15) is 0 Å². The summed E-state index contributed by atoms with van der Waals surface area (Å²) in [6.07, 6.45) is 6.09. The van der Waals surface area contributed by atoms with E-state index in [2.05, 4.69) is 10.3 Å². The van der Waals surface area contributed by atoms with E-state index in [4.69, 9.17) is 0 Å². The molecule has 0 bridgehead atoms. The Balaban J connectivity index is 2.35. The number of aromatic nitrogens is 2. The molecule has 16 heavy (non-hydrogen) atoms. The van der Waals surface area contributed by atoms with Crippen molar-refractivity contribution in [2.75, 3.05) is 17.4 Å². The molecule has 0 aliphatic rings. The van der Waals surface area contributed by atoms with Crippen LogP contribution in [-0.4, -0.2) is 23.1 Å². The molecule has 2 aromatic heterocycles. The topological polar surface area (TPSA) is 50.2 Å². The zero-order valence-corrected chi connectivity index (χ0v) is 8.87. The fourth-order valence-electron chi connectivity index (χ4n) is 1.47. The normalized spacial score (nSPS) is 9.81. The van der Waals surface area contributed by atoms with Gasteiger partial charge in [-0.2, -0.15) is 0 Å². The average molecular weight is 216 g/mol. The fourth-order valence-corrected chi connectivity index (χ4v) is 1.47. The first-order chi connectivity index (χ1) is 7.83. The summed E-state index contributed by atoms with van der Waals surface area (Å²) in [4.78, 5) is 14.6. The summed E-state index contributed by atoms with van der Waals surface area (Å²) in [5.41, 5.74) is 0.825. The summed E-state index contributed by atoms with van der Waals surface area (Å²) in [6, 6.07) is 7.57. The Labute approximate surface area is 93.3 Å². The minimum absolute atomic E-state index is 0.536. The van der Waals surface area contributed by atoms with E-state index in [0.29, 0.717) is 12.2 Å². The Morgan fingerprint density at radius 2 is 2.12 bits per heavy atom. The van der Waals surface area contributed by atoms with Gasteiger partial charge >= 0.3 is 0 Å². The van der Waals surface area contributed by atoms with E-state index in [9.17, 15) is 4.79 Å². The van der Waals surface area contributed by atoms with E-state index in [1.807, 2.05) is 53.4 Å². The number of carbonyl (C=O) groups is 1. The lowest BCUT2D eigenvalue weighted by Gasteiger charge is -2.22. The van der Waals surface area contributed by atoms with Gasteiger partial charge in [0.1, 0.15) is 5.69 Å². The molecule has 1 amide bonds. The number of hydrogen-bond donors (Lipinski definition) is 1. The Hall–Kier alpha value is -2.30. The first-order valence-electron chi connectivity index (χ1n) is 4.85. The zero-order chi connectivity index (χ0) is 11.4. The number of anilines is 2. The van der Waals surface area contributed by atoms with Crippen LogP contribution in [0.2, 0.25) is 0 Å². The fraction of sp³-hybridized carbons (Fsp3) is 0.0909. The van der Waals surface area contributed by atoms with Gasteiger partial charge in [-0.3, -0.25) is 14.5 Å². The van der Waals surface area contributed by atoms with E-state index >= 15 is 0 Å². The Kier molecular flexibility index (Phi) is 2.86. The lowest BCUT2D eigenvalue weighted by Crippen LogP contribution is -2.24. The number of amides is 1. The first-order valence-corrected chi connectivity index (χ1v) is 4.85. The molecule has 0 radical (unpaired) electrons. The van der Waals surface area contributed by atoms with Crippen molar-refractivity contribution >= 4 is 17.9 Å². The second-order valence-electron chi connectivity index (χ2n) is 3.22. The second kappa shape index (κ2) is 4.48. The van der Waals surface area contributed by atoms with Crippen molar-refractivity contribution in [3.63, 3.8) is 0 Å². The van der Waals surface area contributed by atoms with Gasteiger partial charge in [-0.15, -0.1) is 0 Å². The third kappa shape index (κ3) is 1.88. The number of nitrogens with one attached hydrogen (secondary N) is 1. The summed E-state index contributed by atoms with van der Waals surface area (Å²) in [5, 5.41) is 4.46. The standard InChI is InChI=1S/C11H12N4O/c1-14(15-7-2-3-8-15)10-5-4-6-12-11(10)13-9-16/h2-9H,1H3,(H,12,13,16). The zero-order valence-electron chi connectivity index (χ0n) is 8.87. The highest BCUT2D eigenvalue weighted by Gasteiger charge is 2.07. The van der Waals surface area contributed by atoms with E-state index in [1.54, 1.807) is 6.20 Å². The molecule has 5 heteroatoms. The van der Waals surface area contributed by atoms with Gasteiger partial charge in [-0.1, -0.05) is 0 Å². The maximum absolute atomic E-state index is 10.5. The number of carbonyl (C=O) groups excluding carboxylic acids is 1. The molecule has 0 saturated heterocycles. The Morgan fingerprint density at radius 3 is 2.81 bits per heavy atom. The van der Waals surface area contributed by atoms with Crippen molar-refractivity contribution in [1.82, 2.24) is 9.66 Å². The van der Waals surface area contributed by atoms with Crippen molar-refractivity contribution in [2.24, 2.45) is 0 Å². The first kappa shape index (κ1) is 10.2. The van der Waals surface area contributed by atoms with E-state index < -0.39 is 0 Å². The third-order valence-corrected chi connectivity index (χ3v) is 2.27. The van der Waals surface area contributed by atoms with Crippen LogP contribution in [0, 0.1) is 0 Å². The highest BCUT2D eigenvalue weighted by Crippen LogP contribution is 2.21. The van der Waals surface area contributed by atoms with Gasteiger partial charge in [-0.25, -0.2) is 4.98 Å². The van der Waals surface area contributed by atoms with Crippen LogP contribution in [0.3, 0.4) is 0 Å². The smallest absolute Gasteiger partial charge is 0.212 e. The maximum Gasteiger partial charge on any atom is 0.212 e. The molecule has 1 N–H and O–H groups in total. The molecular weight excluding hydrogens is 204 g/mol. The SMILES string of the molecule is CN(c1cccnc1NC=O)n1cccc1. The molecule has 0 saturated carbocycles. The Morgan fingerprint density at radius 1 is 1.38 bits per heavy atom. The van der Waals surface area contributed by atoms with E-state index in [-0.39, 0.29) is 0 Å². The van der Waals surface area contributed by atoms with Crippen molar-refractivity contribution in [2.45, 2.75) is 0 Å². The monoisotopic (exact) mass is 216 g/mol. The lowest BCUT2D eigenvalue weighted by atomic mass is 10.4. The average Bonchev–Trinajstić information content (AvgIpc) is 2.83. The molecule has 0 aliphatic heterocycles. The van der Waals surface area contributed by atoms with Crippen molar-refractivity contribution in [3.8, 4) is 0 Å². The maximum atomic E-state index is 10.5. The van der Waals surface area contributed by atoms with Crippen molar-refractivity contribution in [3.05, 3.63) is 42.9 Å². The molecule has 0 unspecified atom stereocenters. The number of hydrogen-bond acceptors (Lipinski definition) is 3. The van der Waals surface area contributed by atoms with Gasteiger partial charge in [0.2, 0.25) is 6.41 Å². The molecule has 2 heterocycles. The molecule has 0 atom stereocenters. The van der Waals surface area contributed by atoms with Crippen LogP contribution in [-0.2, 0) is 4.79 Å². The van der Waals surface area contributed by atoms with Crippen molar-refractivity contribution < 1.29 is 4.79 Å². The minimum atomic E-state index is 0.536. The van der Waals surface area contributed by atoms with Gasteiger partial charge in [0.15, 0.2) is 5.82 Å². The number of rotatable bonds is 4. The molecule has 2 rings (SSSR count). The molecule has 0 aromatic carbocycles. The van der Waals surface area contributed by atoms with Gasteiger partial charge < -0.3 is 5.32 Å². The van der Waals surface area contributed by atoms with Crippen LogP contribution < -0.4 is 10.3 Å². The molecule has 5 nitrogen and oxygen atoms in total. The van der Waals surface area contributed by atoms with Gasteiger partial charge in [0, 0.05) is 25.6 Å². The molecular formula is C11H12N4O. The minimum Gasteiger partial charge on any atom is -0.312 e. The highest BCUT2D eigenvalue weighted by molar-refractivity contribution is 5.77. The largest absolute Gasteiger partial charge is 0.312 e. The van der Waals surface area contributed by atoms with E-state index in [0.717, 1.165) is 5.69 Å². The highest BCUT2D eigenvalue weighted by atomic mass is 16.1. The number of nitrogens with zero attached hydrogens (tertiary/aromatic N) is 3. The quantitative estimate of drug-likeness (QED) is 0.785. The predicted octanol–water partition coefficient (Wildman–Crippen LogP) is 1.35. The van der Waals surface area contributed by atoms with Crippen LogP contribution in [0.25, 0.3) is 0 Å². The summed E-state index contributed by atoms with van der Waals surface area (Å²) in [6.45, 7) is 0. The number of pyridine rings is 1. The van der Waals surface area contributed by atoms with Crippen LogP contribution in [0.15, 0.2) is 42.9 Å². The van der Waals surface area contributed by atoms with Gasteiger partial charge in [-0.05, 0) is 24.3 Å². The summed E-state index contributed by atoms with van der Waals surface area (Å²) in [5.74, 6) is 0.536. The predicted molar refractivity (Wildman–Crippen MR) is 62.2 cm³/mol. The van der Waals surface area contributed by atoms with E-state index in [1.165, 1.54) is 0 Å². The summed E-state index contributed by atoms with van der Waals surface area (Å²) in [7, 11) is 1.90. The molecule has 2 aromatic rings. The lowest BCUT2D eigenvalue weighted by molar-refractivity contribution is -0.105. The molecule has 0 aliphatic carbocycles. The van der Waals surface area contributed by atoms with Gasteiger partial charge in [0.05, 0.1) is 0 Å². The summed E-state index contributed by atoms with van der Waals surface area (Å²) >= 11 is 0. The third-order valence-electron chi connectivity index (χ3n) is 2.27. The second-order valence-corrected chi connectivity index (χ2v) is 3.22. The van der Waals surface area contributed by atoms with Gasteiger partial charge in [0.25, 0.3) is 0 Å². The Bertz CT molecular complexity index is 467. The van der Waals surface area contributed by atoms with Crippen LogP contribution >= 0.6 is 0 Å². The van der Waals surface area contributed by atoms with Crippen LogP contribution in [0.5, 0.6) is 0 Å². The van der Waals surface area contributed by atoms with Crippen molar-refractivity contribution in [1.29, 1.82) is 0 Å². The molecule has 0 spiro atoms. The molecule has 0 fully saturated rings.